The monoisotopic (exact) mass is 201 g/mol. The Hall–Kier alpha value is -0.160. The van der Waals surface area contributed by atoms with Crippen molar-refractivity contribution in [2.45, 2.75) is 25.9 Å². The molecule has 0 aliphatic carbocycles. The molecule has 0 spiro atoms. The minimum atomic E-state index is 0.252. The molecule has 0 saturated carbocycles. The van der Waals surface area contributed by atoms with Gasteiger partial charge in [-0.25, -0.2) is 0 Å². The molecule has 0 aromatic heterocycles. The summed E-state index contributed by atoms with van der Waals surface area (Å²) in [6.07, 6.45) is 0. The molecule has 2 atom stereocenters. The number of aliphatic hydroxyl groups excluding tert-OH is 1. The van der Waals surface area contributed by atoms with E-state index in [2.05, 4.69) is 16.7 Å². The predicted molar refractivity (Wildman–Crippen MR) is 58.2 cm³/mol. The third-order valence-electron chi connectivity index (χ3n) is 2.79. The van der Waals surface area contributed by atoms with Gasteiger partial charge in [0, 0.05) is 44.8 Å². The van der Waals surface area contributed by atoms with E-state index in [-0.39, 0.29) is 12.6 Å². The first-order valence-corrected chi connectivity index (χ1v) is 5.46. The van der Waals surface area contributed by atoms with Gasteiger partial charge in [0.25, 0.3) is 0 Å². The molecule has 1 fully saturated rings. The van der Waals surface area contributed by atoms with E-state index >= 15 is 0 Å². The molecule has 1 aliphatic heterocycles. The van der Waals surface area contributed by atoms with Gasteiger partial charge in [0.05, 0.1) is 6.61 Å². The molecule has 0 aromatic carbocycles. The van der Waals surface area contributed by atoms with Gasteiger partial charge >= 0.3 is 0 Å². The van der Waals surface area contributed by atoms with E-state index in [4.69, 9.17) is 10.8 Å². The summed E-state index contributed by atoms with van der Waals surface area (Å²) in [7, 11) is 0. The fraction of sp³-hybridized carbons (Fsp3) is 1.00. The second-order valence-electron chi connectivity index (χ2n) is 4.35. The van der Waals surface area contributed by atoms with Crippen molar-refractivity contribution < 1.29 is 5.11 Å². The van der Waals surface area contributed by atoms with Crippen LogP contribution in [-0.4, -0.2) is 66.3 Å². The number of rotatable bonds is 4. The third kappa shape index (κ3) is 3.53. The highest BCUT2D eigenvalue weighted by Gasteiger charge is 2.23. The number of aliphatic hydroxyl groups is 1. The average Bonchev–Trinajstić information content (AvgIpc) is 2.10. The fourth-order valence-electron chi connectivity index (χ4n) is 2.06. The zero-order valence-corrected chi connectivity index (χ0v) is 9.32. The number of hydrogen-bond donors (Lipinski definition) is 2. The van der Waals surface area contributed by atoms with Gasteiger partial charge in [-0.05, 0) is 13.8 Å². The Morgan fingerprint density at radius 2 is 2.21 bits per heavy atom. The molecule has 0 radical (unpaired) electrons. The number of piperazine rings is 1. The van der Waals surface area contributed by atoms with Crippen LogP contribution < -0.4 is 5.73 Å². The first kappa shape index (κ1) is 11.9. The summed E-state index contributed by atoms with van der Waals surface area (Å²) >= 11 is 0. The molecule has 14 heavy (non-hydrogen) atoms. The Morgan fingerprint density at radius 1 is 1.50 bits per heavy atom. The largest absolute Gasteiger partial charge is 0.395 e. The summed E-state index contributed by atoms with van der Waals surface area (Å²) in [6, 6.07) is 0.808. The lowest BCUT2D eigenvalue weighted by Gasteiger charge is -2.40. The van der Waals surface area contributed by atoms with Gasteiger partial charge < -0.3 is 10.8 Å². The van der Waals surface area contributed by atoms with Crippen molar-refractivity contribution in [2.75, 3.05) is 39.3 Å². The molecule has 1 heterocycles. The molecule has 0 amide bonds. The van der Waals surface area contributed by atoms with Crippen molar-refractivity contribution in [3.63, 3.8) is 0 Å². The first-order valence-electron chi connectivity index (χ1n) is 5.46. The Balaban J connectivity index is 2.32. The van der Waals surface area contributed by atoms with Gasteiger partial charge in [0.15, 0.2) is 0 Å². The molecule has 0 bridgehead atoms. The topological polar surface area (TPSA) is 52.7 Å². The van der Waals surface area contributed by atoms with Gasteiger partial charge in [-0.15, -0.1) is 0 Å². The molecule has 4 heteroatoms. The lowest BCUT2D eigenvalue weighted by Crippen LogP contribution is -2.54. The molecule has 2 unspecified atom stereocenters. The van der Waals surface area contributed by atoms with Crippen LogP contribution in [0.15, 0.2) is 0 Å². The van der Waals surface area contributed by atoms with Crippen LogP contribution in [0.4, 0.5) is 0 Å². The Morgan fingerprint density at radius 3 is 2.71 bits per heavy atom. The summed E-state index contributed by atoms with van der Waals surface area (Å²) in [5.74, 6) is 0. The van der Waals surface area contributed by atoms with E-state index < -0.39 is 0 Å². The number of hydrogen-bond acceptors (Lipinski definition) is 4. The molecule has 3 N–H and O–H groups in total. The normalized spacial score (nSPS) is 27.9. The lowest BCUT2D eigenvalue weighted by atomic mass is 10.1. The van der Waals surface area contributed by atoms with E-state index in [0.717, 1.165) is 32.7 Å². The summed E-state index contributed by atoms with van der Waals surface area (Å²) < 4.78 is 0. The van der Waals surface area contributed by atoms with Crippen LogP contribution in [0.5, 0.6) is 0 Å². The maximum atomic E-state index is 8.84. The van der Waals surface area contributed by atoms with Crippen LogP contribution in [-0.2, 0) is 0 Å². The van der Waals surface area contributed by atoms with Gasteiger partial charge in [-0.1, -0.05) is 0 Å². The second kappa shape index (κ2) is 5.66. The van der Waals surface area contributed by atoms with E-state index in [1.54, 1.807) is 0 Å². The van der Waals surface area contributed by atoms with Crippen molar-refractivity contribution in [1.82, 2.24) is 9.80 Å². The molecular weight excluding hydrogens is 178 g/mol. The Bertz CT molecular complexity index is 163. The highest BCUT2D eigenvalue weighted by atomic mass is 16.3. The van der Waals surface area contributed by atoms with Crippen LogP contribution in [0.1, 0.15) is 13.8 Å². The lowest BCUT2D eigenvalue weighted by molar-refractivity contribution is 0.0686. The summed E-state index contributed by atoms with van der Waals surface area (Å²) in [4.78, 5) is 4.74. The van der Waals surface area contributed by atoms with Crippen molar-refractivity contribution in [3.8, 4) is 0 Å². The highest BCUT2D eigenvalue weighted by Crippen LogP contribution is 2.08. The molecular formula is C10H23N3O. The second-order valence-corrected chi connectivity index (χ2v) is 4.35. The predicted octanol–water partition coefficient (Wildman–Crippen LogP) is -0.668. The number of nitrogens with zero attached hydrogens (tertiary/aromatic N) is 2. The molecule has 1 aliphatic rings. The minimum Gasteiger partial charge on any atom is -0.395 e. The molecule has 1 saturated heterocycles. The summed E-state index contributed by atoms with van der Waals surface area (Å²) in [6.45, 7) is 9.50. The maximum absolute atomic E-state index is 8.84. The van der Waals surface area contributed by atoms with Crippen LogP contribution in [0, 0.1) is 0 Å². The molecule has 0 aromatic rings. The van der Waals surface area contributed by atoms with E-state index in [1.807, 2.05) is 6.92 Å². The van der Waals surface area contributed by atoms with Crippen molar-refractivity contribution in [1.29, 1.82) is 0 Å². The molecule has 4 nitrogen and oxygen atoms in total. The van der Waals surface area contributed by atoms with Gasteiger partial charge in [0.1, 0.15) is 0 Å². The zero-order valence-electron chi connectivity index (χ0n) is 9.32. The average molecular weight is 201 g/mol. The van der Waals surface area contributed by atoms with E-state index in [9.17, 15) is 0 Å². The zero-order chi connectivity index (χ0) is 10.6. The quantitative estimate of drug-likeness (QED) is 0.633. The smallest absolute Gasteiger partial charge is 0.0558 e. The number of β-amino-alcohol motifs (C(OH)–C–C–N with tert-alkyl or cyclic N) is 1. The molecule has 84 valence electrons. The van der Waals surface area contributed by atoms with Crippen molar-refractivity contribution in [2.24, 2.45) is 5.73 Å². The Labute approximate surface area is 86.7 Å². The fourth-order valence-corrected chi connectivity index (χ4v) is 2.06. The van der Waals surface area contributed by atoms with Crippen molar-refractivity contribution >= 4 is 0 Å². The SMILES string of the molecule is CC(N)CN1CCN(CCO)CC1C. The van der Waals surface area contributed by atoms with E-state index in [1.165, 1.54) is 0 Å². The van der Waals surface area contributed by atoms with Crippen LogP contribution >= 0.6 is 0 Å². The standard InChI is InChI=1S/C10H23N3O/c1-9(11)7-13-4-3-12(5-6-14)8-10(13)2/h9-10,14H,3-8,11H2,1-2H3. The van der Waals surface area contributed by atoms with E-state index in [0.29, 0.717) is 6.04 Å². The summed E-state index contributed by atoms with van der Waals surface area (Å²) in [5, 5.41) is 8.84. The minimum absolute atomic E-state index is 0.252. The number of nitrogens with two attached hydrogens (primary N) is 1. The van der Waals surface area contributed by atoms with Crippen molar-refractivity contribution in [3.05, 3.63) is 0 Å². The highest BCUT2D eigenvalue weighted by molar-refractivity contribution is 4.80. The molecule has 1 rings (SSSR count). The first-order chi connectivity index (χ1) is 6.63. The van der Waals surface area contributed by atoms with Gasteiger partial charge in [-0.3, -0.25) is 9.80 Å². The van der Waals surface area contributed by atoms with Crippen LogP contribution in [0.3, 0.4) is 0 Å². The maximum Gasteiger partial charge on any atom is 0.0558 e. The third-order valence-corrected chi connectivity index (χ3v) is 2.79. The summed E-state index contributed by atoms with van der Waals surface area (Å²) in [5.41, 5.74) is 5.78. The van der Waals surface area contributed by atoms with Gasteiger partial charge in [-0.2, -0.15) is 0 Å². The van der Waals surface area contributed by atoms with Crippen LogP contribution in [0.25, 0.3) is 0 Å². The van der Waals surface area contributed by atoms with Crippen LogP contribution in [0.2, 0.25) is 0 Å². The Kier molecular flexibility index (Phi) is 4.81. The van der Waals surface area contributed by atoms with Gasteiger partial charge in [0.2, 0.25) is 0 Å².